The lowest BCUT2D eigenvalue weighted by Gasteiger charge is -2.24. The molecular weight excluding hydrogens is 210 g/mol. The molecule has 1 fully saturated rings. The Morgan fingerprint density at radius 2 is 1.94 bits per heavy atom. The summed E-state index contributed by atoms with van der Waals surface area (Å²) in [5, 5.41) is 3.63. The Bertz CT molecular complexity index is 166. The van der Waals surface area contributed by atoms with Gasteiger partial charge in [-0.1, -0.05) is 39.0 Å². The van der Waals surface area contributed by atoms with Gasteiger partial charge in [0.15, 0.2) is 0 Å². The third-order valence-electron chi connectivity index (χ3n) is 4.04. The summed E-state index contributed by atoms with van der Waals surface area (Å²) in [6, 6.07) is 0.720. The van der Waals surface area contributed by atoms with E-state index in [1.165, 1.54) is 57.8 Å². The number of ether oxygens (including phenoxy) is 1. The minimum Gasteiger partial charge on any atom is -0.385 e. The minimum atomic E-state index is 0.720. The monoisotopic (exact) mass is 241 g/mol. The van der Waals surface area contributed by atoms with E-state index in [1.54, 1.807) is 7.11 Å². The molecule has 0 spiro atoms. The van der Waals surface area contributed by atoms with E-state index in [4.69, 9.17) is 4.74 Å². The zero-order valence-electron chi connectivity index (χ0n) is 11.8. The van der Waals surface area contributed by atoms with Crippen molar-refractivity contribution in [3.8, 4) is 0 Å². The van der Waals surface area contributed by atoms with E-state index in [0.29, 0.717) is 0 Å². The molecule has 1 N–H and O–H groups in total. The van der Waals surface area contributed by atoms with Crippen LogP contribution in [0.5, 0.6) is 0 Å². The molecule has 0 amide bonds. The van der Waals surface area contributed by atoms with Crippen molar-refractivity contribution >= 4 is 0 Å². The van der Waals surface area contributed by atoms with E-state index in [0.717, 1.165) is 25.1 Å². The Kier molecular flexibility index (Phi) is 8.72. The van der Waals surface area contributed by atoms with Gasteiger partial charge in [0.25, 0.3) is 0 Å². The van der Waals surface area contributed by atoms with E-state index in [2.05, 4.69) is 12.2 Å². The fourth-order valence-electron chi connectivity index (χ4n) is 3.02. The van der Waals surface area contributed by atoms with Crippen LogP contribution < -0.4 is 5.32 Å². The fourth-order valence-corrected chi connectivity index (χ4v) is 3.02. The molecular formula is C15H31NO. The average Bonchev–Trinajstić information content (AvgIpc) is 2.37. The van der Waals surface area contributed by atoms with Crippen LogP contribution >= 0.6 is 0 Å². The highest BCUT2D eigenvalue weighted by molar-refractivity contribution is 4.71. The van der Waals surface area contributed by atoms with Gasteiger partial charge in [-0.05, 0) is 38.1 Å². The predicted octanol–water partition coefficient (Wildman–Crippen LogP) is 3.75. The minimum absolute atomic E-state index is 0.720. The van der Waals surface area contributed by atoms with Crippen molar-refractivity contribution in [3.05, 3.63) is 0 Å². The van der Waals surface area contributed by atoms with Gasteiger partial charge < -0.3 is 10.1 Å². The third kappa shape index (κ3) is 7.05. The maximum Gasteiger partial charge on any atom is 0.0462 e. The van der Waals surface area contributed by atoms with Crippen LogP contribution in [0.1, 0.15) is 64.7 Å². The Labute approximate surface area is 108 Å². The van der Waals surface area contributed by atoms with Crippen LogP contribution in [-0.4, -0.2) is 26.3 Å². The summed E-state index contributed by atoms with van der Waals surface area (Å²) < 4.78 is 5.14. The topological polar surface area (TPSA) is 21.3 Å². The van der Waals surface area contributed by atoms with Gasteiger partial charge in [0.05, 0.1) is 0 Å². The molecule has 0 aromatic rings. The van der Waals surface area contributed by atoms with Crippen molar-refractivity contribution < 1.29 is 4.74 Å². The van der Waals surface area contributed by atoms with Crippen LogP contribution in [-0.2, 0) is 4.74 Å². The molecule has 1 unspecified atom stereocenters. The SMILES string of the molecule is CCNC(CCCOC)CCC1CCCCC1. The lowest BCUT2D eigenvalue weighted by molar-refractivity contribution is 0.187. The molecule has 0 aromatic carbocycles. The molecule has 2 nitrogen and oxygen atoms in total. The molecule has 1 aliphatic carbocycles. The zero-order chi connectivity index (χ0) is 12.3. The van der Waals surface area contributed by atoms with Crippen LogP contribution in [0.2, 0.25) is 0 Å². The Morgan fingerprint density at radius 3 is 2.59 bits per heavy atom. The molecule has 1 atom stereocenters. The van der Waals surface area contributed by atoms with E-state index in [9.17, 15) is 0 Å². The molecule has 0 aromatic heterocycles. The quantitative estimate of drug-likeness (QED) is 0.621. The van der Waals surface area contributed by atoms with Crippen LogP contribution in [0.4, 0.5) is 0 Å². The standard InChI is InChI=1S/C15H31NO/c1-3-16-15(10-7-13-17-2)12-11-14-8-5-4-6-9-14/h14-16H,3-13H2,1-2H3. The molecule has 1 saturated carbocycles. The smallest absolute Gasteiger partial charge is 0.0462 e. The second kappa shape index (κ2) is 9.90. The Hall–Kier alpha value is -0.0800. The molecule has 0 aliphatic heterocycles. The lowest BCUT2D eigenvalue weighted by atomic mass is 9.85. The molecule has 2 heteroatoms. The van der Waals surface area contributed by atoms with Gasteiger partial charge in [-0.25, -0.2) is 0 Å². The van der Waals surface area contributed by atoms with E-state index in [1.807, 2.05) is 0 Å². The summed E-state index contributed by atoms with van der Waals surface area (Å²) >= 11 is 0. The van der Waals surface area contributed by atoms with E-state index < -0.39 is 0 Å². The van der Waals surface area contributed by atoms with Crippen molar-refractivity contribution in [3.63, 3.8) is 0 Å². The molecule has 17 heavy (non-hydrogen) atoms. The molecule has 0 radical (unpaired) electrons. The summed E-state index contributed by atoms with van der Waals surface area (Å²) in [6.45, 7) is 4.22. The molecule has 1 rings (SSSR count). The number of hydrogen-bond donors (Lipinski definition) is 1. The normalized spacial score (nSPS) is 19.4. The van der Waals surface area contributed by atoms with Crippen LogP contribution in [0.3, 0.4) is 0 Å². The molecule has 0 saturated heterocycles. The maximum absolute atomic E-state index is 5.14. The van der Waals surface area contributed by atoms with Crippen molar-refractivity contribution in [2.24, 2.45) is 5.92 Å². The van der Waals surface area contributed by atoms with Crippen LogP contribution in [0, 0.1) is 5.92 Å². The van der Waals surface area contributed by atoms with Crippen molar-refractivity contribution in [1.29, 1.82) is 0 Å². The van der Waals surface area contributed by atoms with E-state index >= 15 is 0 Å². The lowest BCUT2D eigenvalue weighted by Crippen LogP contribution is -2.29. The first-order chi connectivity index (χ1) is 8.36. The summed E-state index contributed by atoms with van der Waals surface area (Å²) in [6.07, 6.45) is 12.6. The van der Waals surface area contributed by atoms with Crippen LogP contribution in [0.15, 0.2) is 0 Å². The fraction of sp³-hybridized carbons (Fsp3) is 1.00. The highest BCUT2D eigenvalue weighted by Crippen LogP contribution is 2.28. The summed E-state index contributed by atoms with van der Waals surface area (Å²) in [5.74, 6) is 1.02. The molecule has 0 heterocycles. The zero-order valence-corrected chi connectivity index (χ0v) is 11.8. The van der Waals surface area contributed by atoms with Gasteiger partial charge in [-0.3, -0.25) is 0 Å². The summed E-state index contributed by atoms with van der Waals surface area (Å²) in [7, 11) is 1.80. The molecule has 0 bridgehead atoms. The highest BCUT2D eigenvalue weighted by Gasteiger charge is 2.15. The van der Waals surface area contributed by atoms with Gasteiger partial charge in [-0.2, -0.15) is 0 Å². The first kappa shape index (κ1) is 15.0. The summed E-state index contributed by atoms with van der Waals surface area (Å²) in [5.41, 5.74) is 0. The van der Waals surface area contributed by atoms with Crippen molar-refractivity contribution in [2.75, 3.05) is 20.3 Å². The second-order valence-corrected chi connectivity index (χ2v) is 5.47. The van der Waals surface area contributed by atoms with Crippen molar-refractivity contribution in [2.45, 2.75) is 70.8 Å². The van der Waals surface area contributed by atoms with Crippen LogP contribution in [0.25, 0.3) is 0 Å². The first-order valence-electron chi connectivity index (χ1n) is 7.59. The average molecular weight is 241 g/mol. The predicted molar refractivity (Wildman–Crippen MR) is 74.4 cm³/mol. The highest BCUT2D eigenvalue weighted by atomic mass is 16.5. The van der Waals surface area contributed by atoms with E-state index in [-0.39, 0.29) is 0 Å². The second-order valence-electron chi connectivity index (χ2n) is 5.47. The van der Waals surface area contributed by atoms with Gasteiger partial charge in [0.2, 0.25) is 0 Å². The number of hydrogen-bond acceptors (Lipinski definition) is 2. The Balaban J connectivity index is 2.13. The van der Waals surface area contributed by atoms with Gasteiger partial charge in [0, 0.05) is 19.8 Å². The summed E-state index contributed by atoms with van der Waals surface area (Å²) in [4.78, 5) is 0. The third-order valence-corrected chi connectivity index (χ3v) is 4.04. The largest absolute Gasteiger partial charge is 0.385 e. The van der Waals surface area contributed by atoms with Crippen molar-refractivity contribution in [1.82, 2.24) is 5.32 Å². The van der Waals surface area contributed by atoms with Gasteiger partial charge in [-0.15, -0.1) is 0 Å². The van der Waals surface area contributed by atoms with Gasteiger partial charge in [0.1, 0.15) is 0 Å². The number of methoxy groups -OCH3 is 1. The maximum atomic E-state index is 5.14. The van der Waals surface area contributed by atoms with Gasteiger partial charge >= 0.3 is 0 Å². The number of rotatable bonds is 9. The molecule has 1 aliphatic rings. The first-order valence-corrected chi connectivity index (χ1v) is 7.59. The molecule has 102 valence electrons. The number of nitrogens with one attached hydrogen (secondary N) is 1. The Morgan fingerprint density at radius 1 is 1.18 bits per heavy atom.